The summed E-state index contributed by atoms with van der Waals surface area (Å²) in [6.07, 6.45) is 1.59. The fourth-order valence-electron chi connectivity index (χ4n) is 2.49. The number of hydrogen-bond donors (Lipinski definition) is 1. The SMILES string of the molecule is CC(NC(=O)c1nn(C)cc1Cl)c1nc2ccccc2n1C. The summed E-state index contributed by atoms with van der Waals surface area (Å²) in [6.45, 7) is 1.88. The Labute approximate surface area is 132 Å². The summed E-state index contributed by atoms with van der Waals surface area (Å²) in [6, 6.07) is 7.59. The number of halogens is 1. The van der Waals surface area contributed by atoms with E-state index >= 15 is 0 Å². The molecule has 7 heteroatoms. The van der Waals surface area contributed by atoms with E-state index in [1.165, 1.54) is 4.68 Å². The van der Waals surface area contributed by atoms with Crippen LogP contribution in [0, 0.1) is 0 Å². The molecule has 0 aliphatic carbocycles. The Bertz CT molecular complexity index is 851. The first-order valence-electron chi connectivity index (χ1n) is 6.88. The Balaban J connectivity index is 1.87. The lowest BCUT2D eigenvalue weighted by Crippen LogP contribution is -2.29. The highest BCUT2D eigenvalue weighted by Gasteiger charge is 2.20. The highest BCUT2D eigenvalue weighted by Crippen LogP contribution is 2.20. The van der Waals surface area contributed by atoms with Crippen molar-refractivity contribution in [2.45, 2.75) is 13.0 Å². The van der Waals surface area contributed by atoms with Crippen LogP contribution in [0.1, 0.15) is 29.3 Å². The predicted octanol–water partition coefficient (Wildman–Crippen LogP) is 2.45. The molecule has 0 spiro atoms. The topological polar surface area (TPSA) is 64.7 Å². The van der Waals surface area contributed by atoms with Gasteiger partial charge in [-0.15, -0.1) is 0 Å². The number of para-hydroxylation sites is 2. The molecule has 0 aliphatic heterocycles. The number of hydrogen-bond acceptors (Lipinski definition) is 3. The van der Waals surface area contributed by atoms with E-state index in [0.29, 0.717) is 5.02 Å². The number of carbonyl (C=O) groups excluding carboxylic acids is 1. The third kappa shape index (κ3) is 2.46. The van der Waals surface area contributed by atoms with Crippen LogP contribution in [0.15, 0.2) is 30.5 Å². The summed E-state index contributed by atoms with van der Waals surface area (Å²) in [5.41, 5.74) is 2.14. The van der Waals surface area contributed by atoms with Gasteiger partial charge in [-0.05, 0) is 19.1 Å². The Morgan fingerprint density at radius 3 is 2.68 bits per heavy atom. The van der Waals surface area contributed by atoms with Gasteiger partial charge in [-0.2, -0.15) is 5.10 Å². The lowest BCUT2D eigenvalue weighted by atomic mass is 10.3. The number of rotatable bonds is 3. The highest BCUT2D eigenvalue weighted by molar-refractivity contribution is 6.33. The normalized spacial score (nSPS) is 12.5. The number of benzene rings is 1. The van der Waals surface area contributed by atoms with Gasteiger partial charge in [0.1, 0.15) is 5.82 Å². The monoisotopic (exact) mass is 317 g/mol. The molecule has 0 saturated carbocycles. The molecule has 6 nitrogen and oxygen atoms in total. The molecule has 1 N–H and O–H groups in total. The van der Waals surface area contributed by atoms with E-state index in [9.17, 15) is 4.79 Å². The molecule has 1 unspecified atom stereocenters. The number of nitrogens with zero attached hydrogens (tertiary/aromatic N) is 4. The Morgan fingerprint density at radius 1 is 1.32 bits per heavy atom. The van der Waals surface area contributed by atoms with Crippen LogP contribution >= 0.6 is 11.6 Å². The van der Waals surface area contributed by atoms with Crippen molar-refractivity contribution < 1.29 is 4.79 Å². The molecule has 0 saturated heterocycles. The molecule has 114 valence electrons. The maximum absolute atomic E-state index is 12.3. The van der Waals surface area contributed by atoms with Crippen LogP contribution in [0.2, 0.25) is 5.02 Å². The first-order valence-corrected chi connectivity index (χ1v) is 7.26. The second kappa shape index (κ2) is 5.46. The number of nitrogens with one attached hydrogen (secondary N) is 1. The van der Waals surface area contributed by atoms with Crippen LogP contribution in [-0.2, 0) is 14.1 Å². The van der Waals surface area contributed by atoms with Crippen LogP contribution in [0.5, 0.6) is 0 Å². The van der Waals surface area contributed by atoms with Gasteiger partial charge in [0.05, 0.1) is 22.1 Å². The fraction of sp³-hybridized carbons (Fsp3) is 0.267. The van der Waals surface area contributed by atoms with Gasteiger partial charge in [0.15, 0.2) is 5.69 Å². The quantitative estimate of drug-likeness (QED) is 0.807. The Morgan fingerprint density at radius 2 is 2.05 bits per heavy atom. The van der Waals surface area contributed by atoms with Gasteiger partial charge < -0.3 is 9.88 Å². The maximum Gasteiger partial charge on any atom is 0.273 e. The van der Waals surface area contributed by atoms with E-state index in [0.717, 1.165) is 16.9 Å². The molecule has 1 aromatic carbocycles. The molecule has 0 aliphatic rings. The van der Waals surface area contributed by atoms with Gasteiger partial charge in [0, 0.05) is 20.3 Å². The average Bonchev–Trinajstić information content (AvgIpc) is 2.99. The lowest BCUT2D eigenvalue weighted by molar-refractivity contribution is 0.0932. The molecule has 1 atom stereocenters. The number of imidazole rings is 1. The summed E-state index contributed by atoms with van der Waals surface area (Å²) in [5, 5.41) is 7.28. The van der Waals surface area contributed by atoms with E-state index in [2.05, 4.69) is 15.4 Å². The van der Waals surface area contributed by atoms with E-state index in [1.807, 2.05) is 42.8 Å². The molecule has 3 aromatic rings. The van der Waals surface area contributed by atoms with Gasteiger partial charge in [-0.3, -0.25) is 9.48 Å². The molecule has 22 heavy (non-hydrogen) atoms. The summed E-state index contributed by atoms with van der Waals surface area (Å²) in [5.74, 6) is 0.465. The largest absolute Gasteiger partial charge is 0.341 e. The van der Waals surface area contributed by atoms with Gasteiger partial charge >= 0.3 is 0 Å². The van der Waals surface area contributed by atoms with E-state index in [1.54, 1.807) is 13.2 Å². The molecular weight excluding hydrogens is 302 g/mol. The number of aryl methyl sites for hydroxylation is 2. The van der Waals surface area contributed by atoms with Crippen molar-refractivity contribution in [1.29, 1.82) is 0 Å². The van der Waals surface area contributed by atoms with Gasteiger partial charge in [-0.1, -0.05) is 23.7 Å². The lowest BCUT2D eigenvalue weighted by Gasteiger charge is -2.13. The summed E-state index contributed by atoms with van der Waals surface area (Å²) >= 11 is 6.00. The van der Waals surface area contributed by atoms with Crippen molar-refractivity contribution in [2.24, 2.45) is 14.1 Å². The van der Waals surface area contributed by atoms with Gasteiger partial charge in [0.25, 0.3) is 5.91 Å². The number of carbonyl (C=O) groups is 1. The van der Waals surface area contributed by atoms with Crippen molar-refractivity contribution >= 4 is 28.5 Å². The van der Waals surface area contributed by atoms with Crippen LogP contribution in [0.4, 0.5) is 0 Å². The third-order valence-electron chi connectivity index (χ3n) is 3.56. The molecule has 3 rings (SSSR count). The van der Waals surface area contributed by atoms with Crippen molar-refractivity contribution in [2.75, 3.05) is 0 Å². The van der Waals surface area contributed by atoms with Crippen LogP contribution in [-0.4, -0.2) is 25.2 Å². The van der Waals surface area contributed by atoms with E-state index in [-0.39, 0.29) is 17.6 Å². The van der Waals surface area contributed by atoms with Crippen molar-refractivity contribution in [3.63, 3.8) is 0 Å². The molecule has 0 radical (unpaired) electrons. The third-order valence-corrected chi connectivity index (χ3v) is 3.83. The predicted molar refractivity (Wildman–Crippen MR) is 84.8 cm³/mol. The summed E-state index contributed by atoms with van der Waals surface area (Å²) in [4.78, 5) is 16.9. The number of amides is 1. The summed E-state index contributed by atoms with van der Waals surface area (Å²) < 4.78 is 3.48. The maximum atomic E-state index is 12.3. The van der Waals surface area contributed by atoms with Gasteiger partial charge in [0.2, 0.25) is 0 Å². The molecule has 2 aromatic heterocycles. The number of aromatic nitrogens is 4. The van der Waals surface area contributed by atoms with Crippen LogP contribution in [0.25, 0.3) is 11.0 Å². The Kier molecular flexibility index (Phi) is 3.62. The second-order valence-corrected chi connectivity index (χ2v) is 5.62. The van der Waals surface area contributed by atoms with Crippen molar-refractivity contribution in [1.82, 2.24) is 24.6 Å². The van der Waals surface area contributed by atoms with Crippen LogP contribution in [0.3, 0.4) is 0 Å². The Hall–Kier alpha value is -2.34. The molecule has 2 heterocycles. The van der Waals surface area contributed by atoms with Gasteiger partial charge in [-0.25, -0.2) is 4.98 Å². The number of fused-ring (bicyclic) bond motifs is 1. The zero-order valence-corrected chi connectivity index (χ0v) is 13.3. The minimum absolute atomic E-state index is 0.217. The fourth-order valence-corrected chi connectivity index (χ4v) is 2.76. The standard InChI is InChI=1S/C15H16ClN5O/c1-9(17-15(22)13-10(16)8-20(2)19-13)14-18-11-6-4-5-7-12(11)21(14)3/h4-9H,1-3H3,(H,17,22). The molecular formula is C15H16ClN5O. The van der Waals surface area contributed by atoms with Crippen molar-refractivity contribution in [3.05, 3.63) is 47.0 Å². The first-order chi connectivity index (χ1) is 10.5. The summed E-state index contributed by atoms with van der Waals surface area (Å²) in [7, 11) is 3.65. The minimum Gasteiger partial charge on any atom is -0.341 e. The van der Waals surface area contributed by atoms with Crippen LogP contribution < -0.4 is 5.32 Å². The first kappa shape index (κ1) is 14.6. The smallest absolute Gasteiger partial charge is 0.273 e. The molecule has 0 bridgehead atoms. The minimum atomic E-state index is -0.315. The highest BCUT2D eigenvalue weighted by atomic mass is 35.5. The zero-order valence-electron chi connectivity index (χ0n) is 12.5. The zero-order chi connectivity index (χ0) is 15.9. The molecule has 0 fully saturated rings. The molecule has 1 amide bonds. The van der Waals surface area contributed by atoms with E-state index in [4.69, 9.17) is 11.6 Å². The average molecular weight is 318 g/mol. The van der Waals surface area contributed by atoms with E-state index < -0.39 is 0 Å². The second-order valence-electron chi connectivity index (χ2n) is 5.21. The van der Waals surface area contributed by atoms with Crippen molar-refractivity contribution in [3.8, 4) is 0 Å².